The van der Waals surface area contributed by atoms with Gasteiger partial charge in [-0.1, -0.05) is 32.6 Å². The molecule has 0 aromatic heterocycles. The lowest BCUT2D eigenvalue weighted by Crippen LogP contribution is -2.18. The fraction of sp³-hybridized carbons (Fsp3) is 0.500. The molecule has 1 aromatic carbocycles. The van der Waals surface area contributed by atoms with Gasteiger partial charge in [0.2, 0.25) is 0 Å². The molecule has 0 aliphatic heterocycles. The normalized spacial score (nSPS) is 12.1. The molecule has 0 radical (unpaired) electrons. The quantitative estimate of drug-likeness (QED) is 0.548. The van der Waals surface area contributed by atoms with E-state index in [-0.39, 0.29) is 12.2 Å². The maximum absolute atomic E-state index is 12.8. The van der Waals surface area contributed by atoms with Crippen molar-refractivity contribution in [1.82, 2.24) is 0 Å². The molecule has 0 fully saturated rings. The van der Waals surface area contributed by atoms with Crippen LogP contribution in [0.5, 0.6) is 0 Å². The minimum atomic E-state index is -0.971. The Kier molecular flexibility index (Phi) is 6.91. The predicted octanol–water partition coefficient (Wildman–Crippen LogP) is 4.07. The van der Waals surface area contributed by atoms with Gasteiger partial charge in [0.15, 0.2) is 5.78 Å². The Hall–Kier alpha value is -1.71. The molecule has 0 aliphatic carbocycles. The first-order chi connectivity index (χ1) is 9.54. The van der Waals surface area contributed by atoms with Crippen molar-refractivity contribution >= 4 is 11.8 Å². The van der Waals surface area contributed by atoms with Crippen LogP contribution in [-0.4, -0.2) is 16.9 Å². The highest BCUT2D eigenvalue weighted by atomic mass is 19.1. The molecular weight excluding hydrogens is 259 g/mol. The first kappa shape index (κ1) is 16.3. The number of carbonyl (C=O) groups excluding carboxylic acids is 1. The molecule has 1 N–H and O–H groups in total. The van der Waals surface area contributed by atoms with Gasteiger partial charge in [-0.15, -0.1) is 0 Å². The summed E-state index contributed by atoms with van der Waals surface area (Å²) in [5.74, 6) is -2.10. The second kappa shape index (κ2) is 8.46. The fourth-order valence-corrected chi connectivity index (χ4v) is 2.20. The van der Waals surface area contributed by atoms with Gasteiger partial charge in [-0.05, 0) is 30.7 Å². The van der Waals surface area contributed by atoms with Gasteiger partial charge in [-0.25, -0.2) is 4.39 Å². The molecular formula is C16H21FO3. The van der Waals surface area contributed by atoms with Gasteiger partial charge in [0.05, 0.1) is 6.42 Å². The van der Waals surface area contributed by atoms with Gasteiger partial charge in [0.1, 0.15) is 5.82 Å². The third-order valence-corrected chi connectivity index (χ3v) is 3.33. The average molecular weight is 280 g/mol. The number of rotatable bonds is 9. The maximum atomic E-state index is 12.8. The van der Waals surface area contributed by atoms with Crippen molar-refractivity contribution in [3.05, 3.63) is 35.6 Å². The number of hydrogen-bond donors (Lipinski definition) is 1. The Balaban J connectivity index is 2.68. The Labute approximate surface area is 118 Å². The SMILES string of the molecule is CCCCCCC(CC(=O)O)C(=O)c1ccc(F)cc1. The molecule has 1 unspecified atom stereocenters. The zero-order valence-corrected chi connectivity index (χ0v) is 11.8. The van der Waals surface area contributed by atoms with Crippen molar-refractivity contribution in [3.8, 4) is 0 Å². The number of carboxylic acids is 1. The number of halogens is 1. The fourth-order valence-electron chi connectivity index (χ4n) is 2.20. The van der Waals surface area contributed by atoms with Crippen LogP contribution in [0.15, 0.2) is 24.3 Å². The molecule has 0 saturated heterocycles. The lowest BCUT2D eigenvalue weighted by molar-refractivity contribution is -0.137. The summed E-state index contributed by atoms with van der Waals surface area (Å²) >= 11 is 0. The van der Waals surface area contributed by atoms with Crippen molar-refractivity contribution in [1.29, 1.82) is 0 Å². The minimum absolute atomic E-state index is 0.164. The van der Waals surface area contributed by atoms with Gasteiger partial charge in [-0.2, -0.15) is 0 Å². The average Bonchev–Trinajstić information content (AvgIpc) is 2.42. The van der Waals surface area contributed by atoms with Crippen molar-refractivity contribution in [2.45, 2.75) is 45.4 Å². The van der Waals surface area contributed by atoms with Crippen molar-refractivity contribution in [3.63, 3.8) is 0 Å². The van der Waals surface area contributed by atoms with Gasteiger partial charge in [0.25, 0.3) is 0 Å². The molecule has 0 amide bonds. The number of hydrogen-bond acceptors (Lipinski definition) is 2. The van der Waals surface area contributed by atoms with E-state index in [0.717, 1.165) is 25.7 Å². The van der Waals surface area contributed by atoms with Crippen LogP contribution in [0, 0.1) is 11.7 Å². The second-order valence-electron chi connectivity index (χ2n) is 5.02. The molecule has 3 nitrogen and oxygen atoms in total. The lowest BCUT2D eigenvalue weighted by Gasteiger charge is -2.13. The zero-order chi connectivity index (χ0) is 15.0. The number of carboxylic acid groups (broad SMARTS) is 1. The van der Waals surface area contributed by atoms with Crippen LogP contribution in [0.1, 0.15) is 55.8 Å². The molecule has 0 heterocycles. The Morgan fingerprint density at radius 2 is 1.80 bits per heavy atom. The molecule has 1 rings (SSSR count). The topological polar surface area (TPSA) is 54.4 Å². The minimum Gasteiger partial charge on any atom is -0.481 e. The number of aliphatic carboxylic acids is 1. The summed E-state index contributed by atoms with van der Waals surface area (Å²) in [4.78, 5) is 23.1. The zero-order valence-electron chi connectivity index (χ0n) is 11.8. The van der Waals surface area contributed by atoms with Crippen LogP contribution in [0.25, 0.3) is 0 Å². The lowest BCUT2D eigenvalue weighted by atomic mass is 9.89. The van der Waals surface area contributed by atoms with Crippen molar-refractivity contribution < 1.29 is 19.1 Å². The molecule has 0 aliphatic rings. The van der Waals surface area contributed by atoms with Crippen LogP contribution in [-0.2, 0) is 4.79 Å². The van der Waals surface area contributed by atoms with Crippen molar-refractivity contribution in [2.24, 2.45) is 5.92 Å². The highest BCUT2D eigenvalue weighted by molar-refractivity contribution is 5.99. The molecule has 110 valence electrons. The standard InChI is InChI=1S/C16H21FO3/c1-2-3-4-5-6-13(11-15(18)19)16(20)12-7-9-14(17)10-8-12/h7-10,13H,2-6,11H2,1H3,(H,18,19). The van der Waals surface area contributed by atoms with Crippen LogP contribution in [0.2, 0.25) is 0 Å². The predicted molar refractivity (Wildman–Crippen MR) is 75.2 cm³/mol. The summed E-state index contributed by atoms with van der Waals surface area (Å²) in [7, 11) is 0. The first-order valence-electron chi connectivity index (χ1n) is 7.06. The second-order valence-corrected chi connectivity index (χ2v) is 5.02. The molecule has 0 saturated carbocycles. The number of carbonyl (C=O) groups is 2. The van der Waals surface area contributed by atoms with Crippen molar-refractivity contribution in [2.75, 3.05) is 0 Å². The van der Waals surface area contributed by atoms with Gasteiger partial charge < -0.3 is 5.11 Å². The monoisotopic (exact) mass is 280 g/mol. The number of Topliss-reactive ketones (excluding diaryl/α,β-unsaturated/α-hetero) is 1. The summed E-state index contributed by atoms with van der Waals surface area (Å²) < 4.78 is 12.8. The van der Waals surface area contributed by atoms with E-state index in [0.29, 0.717) is 12.0 Å². The molecule has 4 heteroatoms. The van der Waals surface area contributed by atoms with E-state index in [1.807, 2.05) is 0 Å². The Bertz CT molecular complexity index is 440. The van der Waals surface area contributed by atoms with Crippen LogP contribution in [0.3, 0.4) is 0 Å². The molecule has 1 aromatic rings. The smallest absolute Gasteiger partial charge is 0.304 e. The van der Waals surface area contributed by atoms with E-state index in [1.54, 1.807) is 0 Å². The Morgan fingerprint density at radius 1 is 1.15 bits per heavy atom. The van der Waals surface area contributed by atoms with E-state index in [9.17, 15) is 14.0 Å². The molecule has 0 spiro atoms. The summed E-state index contributed by atoms with van der Waals surface area (Å²) in [5.41, 5.74) is 0.383. The largest absolute Gasteiger partial charge is 0.481 e. The Morgan fingerprint density at radius 3 is 2.35 bits per heavy atom. The third kappa shape index (κ3) is 5.51. The van der Waals surface area contributed by atoms with Crippen LogP contribution >= 0.6 is 0 Å². The summed E-state index contributed by atoms with van der Waals surface area (Å²) in [5, 5.41) is 8.91. The van der Waals surface area contributed by atoms with E-state index in [2.05, 4.69) is 6.92 Å². The van der Waals surface area contributed by atoms with Crippen LogP contribution in [0.4, 0.5) is 4.39 Å². The summed E-state index contributed by atoms with van der Waals surface area (Å²) in [6.07, 6.45) is 4.44. The van der Waals surface area contributed by atoms with E-state index in [1.165, 1.54) is 24.3 Å². The number of ketones is 1. The van der Waals surface area contributed by atoms with E-state index < -0.39 is 17.7 Å². The third-order valence-electron chi connectivity index (χ3n) is 3.33. The van der Waals surface area contributed by atoms with Gasteiger partial charge in [0, 0.05) is 11.5 Å². The first-order valence-corrected chi connectivity index (χ1v) is 7.06. The molecule has 0 bridgehead atoms. The number of unbranched alkanes of at least 4 members (excludes halogenated alkanes) is 3. The maximum Gasteiger partial charge on any atom is 0.304 e. The summed E-state index contributed by atoms with van der Waals surface area (Å²) in [6.45, 7) is 2.10. The van der Waals surface area contributed by atoms with Gasteiger partial charge >= 0.3 is 5.97 Å². The van der Waals surface area contributed by atoms with E-state index >= 15 is 0 Å². The number of benzene rings is 1. The van der Waals surface area contributed by atoms with Crippen LogP contribution < -0.4 is 0 Å². The van der Waals surface area contributed by atoms with Gasteiger partial charge in [-0.3, -0.25) is 9.59 Å². The highest BCUT2D eigenvalue weighted by Gasteiger charge is 2.22. The highest BCUT2D eigenvalue weighted by Crippen LogP contribution is 2.20. The summed E-state index contributed by atoms with van der Waals surface area (Å²) in [6, 6.07) is 5.28. The van der Waals surface area contributed by atoms with E-state index in [4.69, 9.17) is 5.11 Å². The molecule has 1 atom stereocenters. The molecule has 20 heavy (non-hydrogen) atoms.